The van der Waals surface area contributed by atoms with Crippen molar-refractivity contribution in [1.82, 2.24) is 0 Å². The predicted octanol–water partition coefficient (Wildman–Crippen LogP) is 3.27. The lowest BCUT2D eigenvalue weighted by Crippen LogP contribution is -2.26. The van der Waals surface area contributed by atoms with Crippen LogP contribution >= 0.6 is 0 Å². The van der Waals surface area contributed by atoms with E-state index in [1.54, 1.807) is 12.1 Å². The van der Waals surface area contributed by atoms with Gasteiger partial charge in [-0.2, -0.15) is 0 Å². The van der Waals surface area contributed by atoms with Crippen molar-refractivity contribution >= 4 is 15.7 Å². The first kappa shape index (κ1) is 14.5. The Bertz CT molecular complexity index is 704. The number of aryl methyl sites for hydroxylation is 2. The summed E-state index contributed by atoms with van der Waals surface area (Å²) in [5.41, 5.74) is 2.56. The molecule has 0 bridgehead atoms. The van der Waals surface area contributed by atoms with Crippen molar-refractivity contribution < 1.29 is 12.8 Å². The summed E-state index contributed by atoms with van der Waals surface area (Å²) in [4.78, 5) is 0.0700. The van der Waals surface area contributed by atoms with Crippen LogP contribution in [0.15, 0.2) is 47.4 Å². The molecule has 0 atom stereocenters. The zero-order chi connectivity index (χ0) is 14.9. The van der Waals surface area contributed by atoms with Crippen LogP contribution in [0, 0.1) is 19.7 Å². The smallest absolute Gasteiger partial charge is 0.264 e. The van der Waals surface area contributed by atoms with E-state index in [4.69, 9.17) is 0 Å². The molecule has 0 unspecified atom stereocenters. The fraction of sp³-hybridized carbons (Fsp3) is 0.200. The average molecular weight is 293 g/mol. The summed E-state index contributed by atoms with van der Waals surface area (Å²) in [5.74, 6) is -0.460. The van der Waals surface area contributed by atoms with Gasteiger partial charge in [0.15, 0.2) is 0 Å². The number of benzene rings is 2. The highest BCUT2D eigenvalue weighted by Gasteiger charge is 2.21. The van der Waals surface area contributed by atoms with Crippen LogP contribution in [0.25, 0.3) is 0 Å². The molecule has 0 amide bonds. The zero-order valence-electron chi connectivity index (χ0n) is 11.6. The fourth-order valence-corrected chi connectivity index (χ4v) is 3.22. The van der Waals surface area contributed by atoms with Crippen molar-refractivity contribution in [2.45, 2.75) is 18.7 Å². The molecule has 0 fully saturated rings. The van der Waals surface area contributed by atoms with Gasteiger partial charge in [-0.25, -0.2) is 12.8 Å². The van der Waals surface area contributed by atoms with Crippen molar-refractivity contribution in [2.75, 3.05) is 11.4 Å². The molecule has 0 aliphatic heterocycles. The van der Waals surface area contributed by atoms with Gasteiger partial charge >= 0.3 is 0 Å². The third-order valence-electron chi connectivity index (χ3n) is 3.04. The summed E-state index contributed by atoms with van der Waals surface area (Å²) in [6.45, 7) is 3.82. The van der Waals surface area contributed by atoms with E-state index < -0.39 is 15.8 Å². The van der Waals surface area contributed by atoms with Gasteiger partial charge in [-0.15, -0.1) is 0 Å². The minimum Gasteiger partial charge on any atom is -0.269 e. The summed E-state index contributed by atoms with van der Waals surface area (Å²) >= 11 is 0. The van der Waals surface area contributed by atoms with Crippen molar-refractivity contribution in [1.29, 1.82) is 0 Å². The molecule has 20 heavy (non-hydrogen) atoms. The Hall–Kier alpha value is -1.88. The van der Waals surface area contributed by atoms with Gasteiger partial charge in [0, 0.05) is 7.05 Å². The van der Waals surface area contributed by atoms with Crippen molar-refractivity contribution in [3.63, 3.8) is 0 Å². The molecular weight excluding hydrogens is 277 g/mol. The van der Waals surface area contributed by atoms with Crippen LogP contribution < -0.4 is 4.31 Å². The molecule has 2 aromatic carbocycles. The summed E-state index contributed by atoms with van der Waals surface area (Å²) in [6.07, 6.45) is 0. The molecule has 0 aliphatic rings. The molecule has 0 aromatic heterocycles. The summed E-state index contributed by atoms with van der Waals surface area (Å²) in [7, 11) is -2.18. The van der Waals surface area contributed by atoms with Crippen LogP contribution in [0.3, 0.4) is 0 Å². The van der Waals surface area contributed by atoms with Gasteiger partial charge in [0.2, 0.25) is 0 Å². The summed E-state index contributed by atoms with van der Waals surface area (Å²) < 4.78 is 39.0. The maximum atomic E-state index is 12.9. The van der Waals surface area contributed by atoms with E-state index in [1.165, 1.54) is 23.5 Å². The number of nitrogens with zero attached hydrogens (tertiary/aromatic N) is 1. The topological polar surface area (TPSA) is 37.4 Å². The standard InChI is InChI=1S/C15H16FNO2S/c1-11-8-12(2)10-14(9-11)17(3)20(18,19)15-6-4-13(16)5-7-15/h4-10H,1-3H3. The second kappa shape index (κ2) is 5.25. The van der Waals surface area contributed by atoms with Crippen molar-refractivity contribution in [2.24, 2.45) is 0 Å². The first-order chi connectivity index (χ1) is 9.30. The maximum absolute atomic E-state index is 12.9. The molecule has 106 valence electrons. The van der Waals surface area contributed by atoms with E-state index in [9.17, 15) is 12.8 Å². The Morgan fingerprint density at radius 2 is 1.45 bits per heavy atom. The van der Waals surface area contributed by atoms with Crippen LogP contribution in [0.2, 0.25) is 0 Å². The maximum Gasteiger partial charge on any atom is 0.264 e. The lowest BCUT2D eigenvalue weighted by molar-refractivity contribution is 0.593. The zero-order valence-corrected chi connectivity index (χ0v) is 12.4. The van der Waals surface area contributed by atoms with Crippen LogP contribution in [0.1, 0.15) is 11.1 Å². The highest BCUT2D eigenvalue weighted by molar-refractivity contribution is 7.92. The van der Waals surface area contributed by atoms with Gasteiger partial charge in [-0.3, -0.25) is 4.31 Å². The molecule has 2 rings (SSSR count). The highest BCUT2D eigenvalue weighted by atomic mass is 32.2. The fourth-order valence-electron chi connectivity index (χ4n) is 2.04. The minimum absolute atomic E-state index is 0.0700. The molecule has 0 radical (unpaired) electrons. The molecule has 5 heteroatoms. The van der Waals surface area contributed by atoms with Crippen LogP contribution in [-0.4, -0.2) is 15.5 Å². The Labute approximate surface area is 118 Å². The van der Waals surface area contributed by atoms with Crippen LogP contribution in [0.4, 0.5) is 10.1 Å². The van der Waals surface area contributed by atoms with Crippen LogP contribution in [0.5, 0.6) is 0 Å². The monoisotopic (exact) mass is 293 g/mol. The van der Waals surface area contributed by atoms with Crippen molar-refractivity contribution in [3.05, 3.63) is 59.4 Å². The first-order valence-electron chi connectivity index (χ1n) is 6.13. The number of hydrogen-bond donors (Lipinski definition) is 0. The number of anilines is 1. The van der Waals surface area contributed by atoms with E-state index in [-0.39, 0.29) is 4.90 Å². The number of halogens is 1. The Balaban J connectivity index is 2.45. The minimum atomic E-state index is -3.68. The normalized spacial score (nSPS) is 11.4. The number of rotatable bonds is 3. The largest absolute Gasteiger partial charge is 0.269 e. The molecule has 0 aliphatic carbocycles. The second-order valence-electron chi connectivity index (χ2n) is 4.77. The van der Waals surface area contributed by atoms with E-state index in [1.807, 2.05) is 19.9 Å². The number of sulfonamides is 1. The molecule has 3 nitrogen and oxygen atoms in total. The second-order valence-corrected chi connectivity index (χ2v) is 6.74. The van der Waals surface area contributed by atoms with Gasteiger partial charge in [0.25, 0.3) is 10.0 Å². The molecule has 2 aromatic rings. The molecular formula is C15H16FNO2S. The quantitative estimate of drug-likeness (QED) is 0.871. The van der Waals surface area contributed by atoms with Gasteiger partial charge in [-0.1, -0.05) is 6.07 Å². The van der Waals surface area contributed by atoms with Gasteiger partial charge in [-0.05, 0) is 61.4 Å². The molecule has 0 saturated carbocycles. The summed E-state index contributed by atoms with van der Waals surface area (Å²) in [5, 5.41) is 0. The third kappa shape index (κ3) is 2.82. The van der Waals surface area contributed by atoms with Gasteiger partial charge in [0.05, 0.1) is 10.6 Å². The van der Waals surface area contributed by atoms with E-state index in [2.05, 4.69) is 0 Å². The van der Waals surface area contributed by atoms with Gasteiger partial charge < -0.3 is 0 Å². The molecule has 0 spiro atoms. The summed E-state index contributed by atoms with van der Waals surface area (Å²) in [6, 6.07) is 10.4. The highest BCUT2D eigenvalue weighted by Crippen LogP contribution is 2.24. The third-order valence-corrected chi connectivity index (χ3v) is 4.84. The average Bonchev–Trinajstić information content (AvgIpc) is 2.37. The Kier molecular flexibility index (Phi) is 3.81. The van der Waals surface area contributed by atoms with E-state index in [0.29, 0.717) is 5.69 Å². The molecule has 0 heterocycles. The van der Waals surface area contributed by atoms with Crippen LogP contribution in [-0.2, 0) is 10.0 Å². The van der Waals surface area contributed by atoms with Crippen molar-refractivity contribution in [3.8, 4) is 0 Å². The number of hydrogen-bond acceptors (Lipinski definition) is 2. The SMILES string of the molecule is Cc1cc(C)cc(N(C)S(=O)(=O)c2ccc(F)cc2)c1. The van der Waals surface area contributed by atoms with E-state index in [0.717, 1.165) is 23.3 Å². The Morgan fingerprint density at radius 3 is 1.95 bits per heavy atom. The first-order valence-corrected chi connectivity index (χ1v) is 7.57. The molecule has 0 N–H and O–H groups in total. The molecule has 0 saturated heterocycles. The lowest BCUT2D eigenvalue weighted by atomic mass is 10.1. The predicted molar refractivity (Wildman–Crippen MR) is 77.9 cm³/mol. The Morgan fingerprint density at radius 1 is 0.950 bits per heavy atom. The lowest BCUT2D eigenvalue weighted by Gasteiger charge is -2.20. The van der Waals surface area contributed by atoms with Gasteiger partial charge in [0.1, 0.15) is 5.82 Å². The van der Waals surface area contributed by atoms with E-state index >= 15 is 0 Å².